The molecule has 0 unspecified atom stereocenters. The van der Waals surface area contributed by atoms with Crippen molar-refractivity contribution in [2.75, 3.05) is 19.6 Å². The van der Waals surface area contributed by atoms with E-state index in [1.807, 2.05) is 0 Å². The van der Waals surface area contributed by atoms with Crippen molar-refractivity contribution in [2.45, 2.75) is 26.8 Å². The highest BCUT2D eigenvalue weighted by atomic mass is 32.1. The molecule has 0 spiro atoms. The molecule has 0 amide bonds. The SMILES string of the molecule is CCN(CC)CCCn1c(=S)[nH]c2ccc(F)c(F)c21. The summed E-state index contributed by atoms with van der Waals surface area (Å²) in [4.78, 5) is 5.21. The first-order valence-corrected chi connectivity index (χ1v) is 7.28. The van der Waals surface area contributed by atoms with Gasteiger partial charge < -0.3 is 14.5 Å². The minimum Gasteiger partial charge on any atom is -0.330 e. The molecule has 0 fully saturated rings. The highest BCUT2D eigenvalue weighted by Gasteiger charge is 2.13. The third-order valence-corrected chi connectivity index (χ3v) is 3.90. The number of aromatic nitrogens is 2. The van der Waals surface area contributed by atoms with E-state index in [1.54, 1.807) is 4.57 Å². The van der Waals surface area contributed by atoms with Crippen molar-refractivity contribution in [1.82, 2.24) is 14.5 Å². The summed E-state index contributed by atoms with van der Waals surface area (Å²) in [6.45, 7) is 7.68. The summed E-state index contributed by atoms with van der Waals surface area (Å²) >= 11 is 5.20. The van der Waals surface area contributed by atoms with E-state index in [9.17, 15) is 8.78 Å². The summed E-state index contributed by atoms with van der Waals surface area (Å²) in [5, 5.41) is 0. The van der Waals surface area contributed by atoms with Crippen LogP contribution in [0.3, 0.4) is 0 Å². The van der Waals surface area contributed by atoms with E-state index < -0.39 is 11.6 Å². The molecule has 2 rings (SSSR count). The number of nitrogens with one attached hydrogen (secondary N) is 1. The first-order valence-electron chi connectivity index (χ1n) is 6.87. The first kappa shape index (κ1) is 15.1. The van der Waals surface area contributed by atoms with Gasteiger partial charge in [0.1, 0.15) is 5.52 Å². The molecule has 0 atom stereocenters. The molecule has 1 heterocycles. The monoisotopic (exact) mass is 299 g/mol. The number of fused-ring (bicyclic) bond motifs is 1. The number of hydrogen-bond donors (Lipinski definition) is 1. The maximum Gasteiger partial charge on any atom is 0.184 e. The Kier molecular flexibility index (Phi) is 4.88. The van der Waals surface area contributed by atoms with Gasteiger partial charge in [-0.2, -0.15) is 0 Å². The molecule has 6 heteroatoms. The summed E-state index contributed by atoms with van der Waals surface area (Å²) in [6, 6.07) is 2.63. The molecule has 20 heavy (non-hydrogen) atoms. The van der Waals surface area contributed by atoms with Crippen molar-refractivity contribution in [3.63, 3.8) is 0 Å². The number of imidazole rings is 1. The number of halogens is 2. The van der Waals surface area contributed by atoms with Gasteiger partial charge in [0.25, 0.3) is 0 Å². The van der Waals surface area contributed by atoms with E-state index >= 15 is 0 Å². The normalized spacial score (nSPS) is 11.7. The molecule has 0 aliphatic carbocycles. The molecule has 3 nitrogen and oxygen atoms in total. The van der Waals surface area contributed by atoms with Gasteiger partial charge in [0.05, 0.1) is 5.52 Å². The Labute approximate surface area is 122 Å². The van der Waals surface area contributed by atoms with Gasteiger partial charge in [-0.3, -0.25) is 0 Å². The molecule has 0 bridgehead atoms. The second-order valence-electron chi connectivity index (χ2n) is 4.72. The number of rotatable bonds is 6. The second-order valence-corrected chi connectivity index (χ2v) is 5.11. The van der Waals surface area contributed by atoms with Crippen molar-refractivity contribution >= 4 is 23.3 Å². The van der Waals surface area contributed by atoms with Gasteiger partial charge in [0.15, 0.2) is 16.4 Å². The Morgan fingerprint density at radius 3 is 2.60 bits per heavy atom. The van der Waals surface area contributed by atoms with Crippen LogP contribution in [0, 0.1) is 16.4 Å². The minimum atomic E-state index is -0.844. The first-order chi connectivity index (χ1) is 9.58. The van der Waals surface area contributed by atoms with E-state index in [0.717, 1.165) is 32.1 Å². The van der Waals surface area contributed by atoms with Gasteiger partial charge in [-0.15, -0.1) is 0 Å². The van der Waals surface area contributed by atoms with Crippen LogP contribution in [0.1, 0.15) is 20.3 Å². The highest BCUT2D eigenvalue weighted by molar-refractivity contribution is 7.71. The molecule has 0 saturated carbocycles. The smallest absolute Gasteiger partial charge is 0.184 e. The fraction of sp³-hybridized carbons (Fsp3) is 0.500. The molecule has 0 radical (unpaired) electrons. The molecular weight excluding hydrogens is 280 g/mol. The Morgan fingerprint density at radius 1 is 1.25 bits per heavy atom. The van der Waals surface area contributed by atoms with E-state index in [-0.39, 0.29) is 5.52 Å². The topological polar surface area (TPSA) is 24.0 Å². The molecule has 0 aliphatic heterocycles. The average molecular weight is 299 g/mol. The largest absolute Gasteiger partial charge is 0.330 e. The van der Waals surface area contributed by atoms with Gasteiger partial charge in [-0.05, 0) is 50.4 Å². The maximum absolute atomic E-state index is 13.9. The van der Waals surface area contributed by atoms with Gasteiger partial charge in [0.2, 0.25) is 0 Å². The van der Waals surface area contributed by atoms with Crippen molar-refractivity contribution in [3.05, 3.63) is 28.5 Å². The number of hydrogen-bond acceptors (Lipinski definition) is 2. The number of benzene rings is 1. The third-order valence-electron chi connectivity index (χ3n) is 3.58. The Balaban J connectivity index is 2.24. The predicted octanol–water partition coefficient (Wildman–Crippen LogP) is 3.71. The Bertz CT molecular complexity index is 644. The quantitative estimate of drug-likeness (QED) is 0.822. The molecule has 0 saturated heterocycles. The molecule has 1 aromatic heterocycles. The Morgan fingerprint density at radius 2 is 1.95 bits per heavy atom. The van der Waals surface area contributed by atoms with Crippen molar-refractivity contribution in [2.24, 2.45) is 0 Å². The van der Waals surface area contributed by atoms with Crippen LogP contribution < -0.4 is 0 Å². The fourth-order valence-corrected chi connectivity index (χ4v) is 2.69. The van der Waals surface area contributed by atoms with Crippen molar-refractivity contribution < 1.29 is 8.78 Å². The van der Waals surface area contributed by atoms with Gasteiger partial charge >= 0.3 is 0 Å². The fourth-order valence-electron chi connectivity index (χ4n) is 2.39. The zero-order chi connectivity index (χ0) is 14.7. The van der Waals surface area contributed by atoms with Crippen LogP contribution in [0.25, 0.3) is 11.0 Å². The van der Waals surface area contributed by atoms with Crippen LogP contribution in [0.2, 0.25) is 0 Å². The van der Waals surface area contributed by atoms with Crippen LogP contribution in [-0.4, -0.2) is 34.1 Å². The summed E-state index contributed by atoms with van der Waals surface area (Å²) in [5.41, 5.74) is 0.770. The molecule has 1 aromatic carbocycles. The maximum atomic E-state index is 13.9. The summed E-state index contributed by atoms with van der Waals surface area (Å²) in [6.07, 6.45) is 0.846. The van der Waals surface area contributed by atoms with E-state index in [0.29, 0.717) is 16.8 Å². The summed E-state index contributed by atoms with van der Waals surface area (Å²) in [5.74, 6) is -1.68. The standard InChI is InChI=1S/C14H19F2N3S/c1-3-18(4-2)8-5-9-19-13-11(17-14(19)20)7-6-10(15)12(13)16/h6-7H,3-5,8-9H2,1-2H3,(H,17,20). The Hall–Kier alpha value is -1.27. The third kappa shape index (κ3) is 2.91. The molecule has 1 N–H and O–H groups in total. The lowest BCUT2D eigenvalue weighted by Crippen LogP contribution is -2.24. The number of nitrogens with zero attached hydrogens (tertiary/aromatic N) is 2. The van der Waals surface area contributed by atoms with E-state index in [2.05, 4.69) is 23.7 Å². The lowest BCUT2D eigenvalue weighted by atomic mass is 10.3. The van der Waals surface area contributed by atoms with E-state index in [4.69, 9.17) is 12.2 Å². The lowest BCUT2D eigenvalue weighted by Gasteiger charge is -2.17. The molecule has 2 aromatic rings. The van der Waals surface area contributed by atoms with Gasteiger partial charge in [-0.25, -0.2) is 8.78 Å². The van der Waals surface area contributed by atoms with E-state index in [1.165, 1.54) is 6.07 Å². The van der Waals surface area contributed by atoms with Crippen LogP contribution in [-0.2, 0) is 6.54 Å². The van der Waals surface area contributed by atoms with Crippen LogP contribution in [0.5, 0.6) is 0 Å². The zero-order valence-electron chi connectivity index (χ0n) is 11.7. The van der Waals surface area contributed by atoms with Gasteiger partial charge in [0, 0.05) is 6.54 Å². The van der Waals surface area contributed by atoms with Crippen molar-refractivity contribution in [3.8, 4) is 0 Å². The second kappa shape index (κ2) is 6.45. The van der Waals surface area contributed by atoms with Crippen LogP contribution in [0.15, 0.2) is 12.1 Å². The van der Waals surface area contributed by atoms with Crippen LogP contribution in [0.4, 0.5) is 8.78 Å². The number of aryl methyl sites for hydroxylation is 1. The number of H-pyrrole nitrogens is 1. The summed E-state index contributed by atoms with van der Waals surface area (Å²) < 4.78 is 29.4. The minimum absolute atomic E-state index is 0.231. The molecule has 110 valence electrons. The van der Waals surface area contributed by atoms with Crippen LogP contribution >= 0.6 is 12.2 Å². The van der Waals surface area contributed by atoms with Gasteiger partial charge in [-0.1, -0.05) is 13.8 Å². The van der Waals surface area contributed by atoms with Crippen molar-refractivity contribution in [1.29, 1.82) is 0 Å². The average Bonchev–Trinajstić information content (AvgIpc) is 2.76. The predicted molar refractivity (Wildman–Crippen MR) is 79.4 cm³/mol. The summed E-state index contributed by atoms with van der Waals surface area (Å²) in [7, 11) is 0. The number of aromatic amines is 1. The lowest BCUT2D eigenvalue weighted by molar-refractivity contribution is 0.293. The molecular formula is C14H19F2N3S. The molecule has 0 aliphatic rings. The zero-order valence-corrected chi connectivity index (χ0v) is 12.6. The highest BCUT2D eigenvalue weighted by Crippen LogP contribution is 2.20.